The molecule has 5 heteroatoms. The van der Waals surface area contributed by atoms with Crippen molar-refractivity contribution in [2.75, 3.05) is 10.6 Å². The highest BCUT2D eigenvalue weighted by molar-refractivity contribution is 6.29. The second-order valence-electron chi connectivity index (χ2n) is 3.81. The van der Waals surface area contributed by atoms with Gasteiger partial charge < -0.3 is 10.6 Å². The van der Waals surface area contributed by atoms with Gasteiger partial charge in [-0.25, -0.2) is 9.78 Å². The smallest absolute Gasteiger partial charge is 0.308 e. The first-order chi connectivity index (χ1) is 8.63. The quantitative estimate of drug-likeness (QED) is 0.810. The van der Waals surface area contributed by atoms with Crippen LogP contribution in [-0.4, -0.2) is 11.0 Å². The molecule has 0 atom stereocenters. The van der Waals surface area contributed by atoms with Crippen molar-refractivity contribution in [1.29, 1.82) is 0 Å². The second kappa shape index (κ2) is 5.51. The first-order valence-corrected chi connectivity index (χ1v) is 5.77. The number of anilines is 2. The number of amides is 2. The van der Waals surface area contributed by atoms with E-state index in [4.69, 9.17) is 11.6 Å². The number of nitrogens with zero attached hydrogens (tertiary/aromatic N) is 1. The lowest BCUT2D eigenvalue weighted by Gasteiger charge is -2.07. The van der Waals surface area contributed by atoms with Crippen molar-refractivity contribution in [2.24, 2.45) is 0 Å². The highest BCUT2D eigenvalue weighted by atomic mass is 35.5. The molecule has 0 saturated heterocycles. The van der Waals surface area contributed by atoms with Crippen LogP contribution in [0, 0.1) is 6.92 Å². The molecule has 0 unspecified atom stereocenters. The molecule has 92 valence electrons. The van der Waals surface area contributed by atoms with Crippen molar-refractivity contribution in [3.8, 4) is 0 Å². The summed E-state index contributed by atoms with van der Waals surface area (Å²) < 4.78 is 0. The number of urea groups is 1. The molecule has 1 aromatic heterocycles. The minimum Gasteiger partial charge on any atom is -0.308 e. The van der Waals surface area contributed by atoms with E-state index in [-0.39, 0.29) is 6.03 Å². The van der Waals surface area contributed by atoms with E-state index in [0.717, 1.165) is 11.3 Å². The maximum absolute atomic E-state index is 11.7. The molecule has 2 aromatic rings. The average Bonchev–Trinajstić information content (AvgIpc) is 2.32. The number of benzene rings is 1. The van der Waals surface area contributed by atoms with E-state index < -0.39 is 0 Å². The zero-order chi connectivity index (χ0) is 13.0. The number of hydrogen-bond donors (Lipinski definition) is 2. The van der Waals surface area contributed by atoms with Crippen molar-refractivity contribution in [1.82, 2.24) is 4.98 Å². The Bertz CT molecular complexity index is 554. The highest BCUT2D eigenvalue weighted by Gasteiger charge is 2.02. The first kappa shape index (κ1) is 12.4. The minimum atomic E-state index is -0.318. The first-order valence-electron chi connectivity index (χ1n) is 5.40. The molecule has 2 N–H and O–H groups in total. The molecule has 0 radical (unpaired) electrons. The summed E-state index contributed by atoms with van der Waals surface area (Å²) in [6.45, 7) is 1.99. The van der Waals surface area contributed by atoms with Crippen molar-refractivity contribution in [2.45, 2.75) is 6.92 Å². The summed E-state index contributed by atoms with van der Waals surface area (Å²) in [5, 5.41) is 5.73. The number of nitrogens with one attached hydrogen (secondary N) is 2. The summed E-state index contributed by atoms with van der Waals surface area (Å²) in [7, 11) is 0. The molecule has 0 bridgehead atoms. The third-order valence-electron chi connectivity index (χ3n) is 2.29. The Morgan fingerprint density at radius 2 is 1.78 bits per heavy atom. The highest BCUT2D eigenvalue weighted by Crippen LogP contribution is 2.13. The van der Waals surface area contributed by atoms with Crippen molar-refractivity contribution in [3.63, 3.8) is 0 Å². The number of aryl methyl sites for hydroxylation is 1. The maximum Gasteiger partial charge on any atom is 0.323 e. The summed E-state index contributed by atoms with van der Waals surface area (Å²) in [4.78, 5) is 15.5. The van der Waals surface area contributed by atoms with Crippen LogP contribution in [0.2, 0.25) is 5.15 Å². The monoisotopic (exact) mass is 261 g/mol. The van der Waals surface area contributed by atoms with E-state index in [1.807, 2.05) is 31.2 Å². The summed E-state index contributed by atoms with van der Waals surface area (Å²) in [5.41, 5.74) is 2.47. The van der Waals surface area contributed by atoms with Gasteiger partial charge in [0.15, 0.2) is 0 Å². The van der Waals surface area contributed by atoms with Crippen LogP contribution in [0.1, 0.15) is 5.56 Å². The van der Waals surface area contributed by atoms with E-state index >= 15 is 0 Å². The molecule has 2 rings (SSSR count). The van der Waals surface area contributed by atoms with Crippen LogP contribution in [0.5, 0.6) is 0 Å². The molecule has 2 amide bonds. The fourth-order valence-corrected chi connectivity index (χ4v) is 1.58. The number of halogens is 1. The van der Waals surface area contributed by atoms with Crippen LogP contribution in [0.4, 0.5) is 16.2 Å². The van der Waals surface area contributed by atoms with Crippen molar-refractivity contribution in [3.05, 3.63) is 53.3 Å². The summed E-state index contributed by atoms with van der Waals surface area (Å²) in [5.74, 6) is 0. The Kier molecular flexibility index (Phi) is 3.79. The number of pyridine rings is 1. The molecule has 0 aliphatic rings. The fourth-order valence-electron chi connectivity index (χ4n) is 1.41. The van der Waals surface area contributed by atoms with Gasteiger partial charge in [-0.05, 0) is 31.2 Å². The van der Waals surface area contributed by atoms with Crippen LogP contribution in [0.15, 0.2) is 42.6 Å². The molecule has 0 fully saturated rings. The third-order valence-corrected chi connectivity index (χ3v) is 2.50. The zero-order valence-electron chi connectivity index (χ0n) is 9.77. The molecular weight excluding hydrogens is 250 g/mol. The number of aromatic nitrogens is 1. The van der Waals surface area contributed by atoms with Crippen LogP contribution in [-0.2, 0) is 0 Å². The largest absolute Gasteiger partial charge is 0.323 e. The molecule has 18 heavy (non-hydrogen) atoms. The lowest BCUT2D eigenvalue weighted by Crippen LogP contribution is -2.19. The normalized spacial score (nSPS) is 9.89. The second-order valence-corrected chi connectivity index (χ2v) is 4.20. The van der Waals surface area contributed by atoms with Gasteiger partial charge in [0.1, 0.15) is 5.15 Å². The molecule has 1 aromatic carbocycles. The number of carbonyl (C=O) groups is 1. The van der Waals surface area contributed by atoms with Crippen molar-refractivity contribution >= 4 is 29.0 Å². The predicted molar refractivity (Wildman–Crippen MR) is 73.1 cm³/mol. The molecule has 0 aliphatic heterocycles. The standard InChI is InChI=1S/C13H12ClN3O/c1-9-2-4-10(5-3-9)16-13(18)17-11-6-7-15-12(14)8-11/h2-8H,1H3,(H2,15,16,17,18). The van der Waals surface area contributed by atoms with Crippen molar-refractivity contribution < 1.29 is 4.79 Å². The van der Waals surface area contributed by atoms with Gasteiger partial charge in [-0.1, -0.05) is 29.3 Å². The van der Waals surface area contributed by atoms with E-state index in [2.05, 4.69) is 15.6 Å². The zero-order valence-corrected chi connectivity index (χ0v) is 10.5. The lowest BCUT2D eigenvalue weighted by molar-refractivity contribution is 0.262. The summed E-state index contributed by atoms with van der Waals surface area (Å²) >= 11 is 5.72. The molecule has 0 aliphatic carbocycles. The van der Waals surface area contributed by atoms with Gasteiger partial charge in [0.05, 0.1) is 0 Å². The predicted octanol–water partition coefficient (Wildman–Crippen LogP) is 3.69. The average molecular weight is 262 g/mol. The van der Waals surface area contributed by atoms with E-state index in [0.29, 0.717) is 10.8 Å². The van der Waals surface area contributed by atoms with Crippen LogP contribution in [0.25, 0.3) is 0 Å². The molecule has 4 nitrogen and oxygen atoms in total. The summed E-state index contributed by atoms with van der Waals surface area (Å²) in [6.07, 6.45) is 1.53. The van der Waals surface area contributed by atoms with E-state index in [1.54, 1.807) is 12.1 Å². The Morgan fingerprint density at radius 1 is 1.11 bits per heavy atom. The third kappa shape index (κ3) is 3.46. The molecular formula is C13H12ClN3O. The van der Waals surface area contributed by atoms with Gasteiger partial charge in [0.2, 0.25) is 0 Å². The topological polar surface area (TPSA) is 54.0 Å². The maximum atomic E-state index is 11.7. The number of carbonyl (C=O) groups excluding carboxylic acids is 1. The van der Waals surface area contributed by atoms with Crippen LogP contribution >= 0.6 is 11.6 Å². The fraction of sp³-hybridized carbons (Fsp3) is 0.0769. The number of hydrogen-bond acceptors (Lipinski definition) is 2. The Balaban J connectivity index is 1.98. The van der Waals surface area contributed by atoms with Gasteiger partial charge in [0.25, 0.3) is 0 Å². The molecule has 0 saturated carbocycles. The van der Waals surface area contributed by atoms with Crippen LogP contribution < -0.4 is 10.6 Å². The van der Waals surface area contributed by atoms with Crippen LogP contribution in [0.3, 0.4) is 0 Å². The Hall–Kier alpha value is -2.07. The van der Waals surface area contributed by atoms with E-state index in [1.165, 1.54) is 6.20 Å². The minimum absolute atomic E-state index is 0.318. The Morgan fingerprint density at radius 3 is 2.44 bits per heavy atom. The SMILES string of the molecule is Cc1ccc(NC(=O)Nc2ccnc(Cl)c2)cc1. The Labute approximate surface area is 110 Å². The van der Waals surface area contributed by atoms with E-state index in [9.17, 15) is 4.79 Å². The number of rotatable bonds is 2. The van der Waals surface area contributed by atoms with Gasteiger partial charge in [-0.3, -0.25) is 0 Å². The van der Waals surface area contributed by atoms with Gasteiger partial charge in [0, 0.05) is 17.6 Å². The van der Waals surface area contributed by atoms with Gasteiger partial charge in [-0.15, -0.1) is 0 Å². The van der Waals surface area contributed by atoms with Gasteiger partial charge in [-0.2, -0.15) is 0 Å². The molecule has 1 heterocycles. The van der Waals surface area contributed by atoms with Gasteiger partial charge >= 0.3 is 6.03 Å². The lowest BCUT2D eigenvalue weighted by atomic mass is 10.2. The summed E-state index contributed by atoms with van der Waals surface area (Å²) in [6, 6.07) is 10.5. The molecule has 0 spiro atoms.